The molecular formula is C15H15F2NO. The number of ether oxygens (including phenoxy) is 1. The number of benzene rings is 2. The van der Waals surface area contributed by atoms with Gasteiger partial charge in [-0.25, -0.2) is 8.78 Å². The van der Waals surface area contributed by atoms with Gasteiger partial charge >= 0.3 is 0 Å². The van der Waals surface area contributed by atoms with E-state index in [9.17, 15) is 8.78 Å². The molecule has 0 bridgehead atoms. The Labute approximate surface area is 110 Å². The molecule has 2 aromatic carbocycles. The molecule has 2 nitrogen and oxygen atoms in total. The van der Waals surface area contributed by atoms with Crippen molar-refractivity contribution in [2.45, 2.75) is 20.5 Å². The molecule has 100 valence electrons. The van der Waals surface area contributed by atoms with Gasteiger partial charge in [-0.05, 0) is 54.8 Å². The lowest BCUT2D eigenvalue weighted by Gasteiger charge is -2.13. The zero-order chi connectivity index (χ0) is 14.0. The van der Waals surface area contributed by atoms with Crippen LogP contribution in [-0.4, -0.2) is 0 Å². The summed E-state index contributed by atoms with van der Waals surface area (Å²) in [5.41, 5.74) is 8.81. The smallest absolute Gasteiger partial charge is 0.159 e. The Bertz CT molecular complexity index is 588. The molecule has 0 fully saturated rings. The molecule has 0 amide bonds. The van der Waals surface area contributed by atoms with Crippen LogP contribution in [0.4, 0.5) is 14.5 Å². The maximum Gasteiger partial charge on any atom is 0.159 e. The summed E-state index contributed by atoms with van der Waals surface area (Å²) in [6.45, 7) is 3.97. The lowest BCUT2D eigenvalue weighted by molar-refractivity contribution is 0.301. The molecular weight excluding hydrogens is 248 g/mol. The Kier molecular flexibility index (Phi) is 3.69. The Balaban J connectivity index is 2.16. The number of halogens is 2. The van der Waals surface area contributed by atoms with Gasteiger partial charge < -0.3 is 10.5 Å². The predicted molar refractivity (Wildman–Crippen MR) is 71.0 cm³/mol. The summed E-state index contributed by atoms with van der Waals surface area (Å²) >= 11 is 0. The van der Waals surface area contributed by atoms with Gasteiger partial charge in [0.1, 0.15) is 12.4 Å². The van der Waals surface area contributed by atoms with Gasteiger partial charge in [0.15, 0.2) is 11.6 Å². The molecule has 19 heavy (non-hydrogen) atoms. The minimum absolute atomic E-state index is 0.183. The highest BCUT2D eigenvalue weighted by Crippen LogP contribution is 2.26. The highest BCUT2D eigenvalue weighted by Gasteiger charge is 2.07. The Hall–Kier alpha value is -2.10. The van der Waals surface area contributed by atoms with Crippen LogP contribution in [0.3, 0.4) is 0 Å². The monoisotopic (exact) mass is 263 g/mol. The summed E-state index contributed by atoms with van der Waals surface area (Å²) in [4.78, 5) is 0. The van der Waals surface area contributed by atoms with Crippen molar-refractivity contribution >= 4 is 5.69 Å². The summed E-state index contributed by atoms with van der Waals surface area (Å²) in [6.07, 6.45) is 0. The maximum atomic E-state index is 13.1. The fourth-order valence-corrected chi connectivity index (χ4v) is 2.00. The maximum absolute atomic E-state index is 13.1. The first-order valence-corrected chi connectivity index (χ1v) is 5.91. The van der Waals surface area contributed by atoms with Crippen LogP contribution in [0.1, 0.15) is 16.7 Å². The third-order valence-electron chi connectivity index (χ3n) is 2.85. The molecule has 0 aliphatic carbocycles. The summed E-state index contributed by atoms with van der Waals surface area (Å²) in [6, 6.07) is 7.36. The fourth-order valence-electron chi connectivity index (χ4n) is 2.00. The van der Waals surface area contributed by atoms with Crippen molar-refractivity contribution in [2.75, 3.05) is 5.73 Å². The Morgan fingerprint density at radius 3 is 2.21 bits per heavy atom. The van der Waals surface area contributed by atoms with Gasteiger partial charge in [-0.3, -0.25) is 0 Å². The van der Waals surface area contributed by atoms with Crippen molar-refractivity contribution in [3.05, 3.63) is 58.7 Å². The van der Waals surface area contributed by atoms with E-state index in [4.69, 9.17) is 10.5 Å². The quantitative estimate of drug-likeness (QED) is 0.856. The second kappa shape index (κ2) is 5.26. The second-order valence-electron chi connectivity index (χ2n) is 4.52. The molecule has 2 N–H and O–H groups in total. The lowest BCUT2D eigenvalue weighted by Crippen LogP contribution is -2.01. The van der Waals surface area contributed by atoms with Crippen LogP contribution in [0.2, 0.25) is 0 Å². The van der Waals surface area contributed by atoms with Crippen molar-refractivity contribution in [3.8, 4) is 5.75 Å². The number of hydrogen-bond acceptors (Lipinski definition) is 2. The Morgan fingerprint density at radius 1 is 1.00 bits per heavy atom. The van der Waals surface area contributed by atoms with Crippen molar-refractivity contribution in [3.63, 3.8) is 0 Å². The molecule has 2 rings (SSSR count). The van der Waals surface area contributed by atoms with Gasteiger partial charge in [0.05, 0.1) is 0 Å². The van der Waals surface area contributed by atoms with Gasteiger partial charge in [0, 0.05) is 5.69 Å². The van der Waals surface area contributed by atoms with Crippen molar-refractivity contribution < 1.29 is 13.5 Å². The van der Waals surface area contributed by atoms with E-state index in [1.54, 1.807) is 0 Å². The van der Waals surface area contributed by atoms with Crippen LogP contribution in [0.25, 0.3) is 0 Å². The minimum Gasteiger partial charge on any atom is -0.488 e. The summed E-state index contributed by atoms with van der Waals surface area (Å²) in [5.74, 6) is -1.01. The highest BCUT2D eigenvalue weighted by atomic mass is 19.2. The van der Waals surface area contributed by atoms with Gasteiger partial charge in [0.25, 0.3) is 0 Å². The molecule has 0 saturated heterocycles. The average Bonchev–Trinajstić information content (AvgIpc) is 2.32. The number of aryl methyl sites for hydroxylation is 2. The topological polar surface area (TPSA) is 35.2 Å². The van der Waals surface area contributed by atoms with E-state index in [1.807, 2.05) is 26.0 Å². The zero-order valence-electron chi connectivity index (χ0n) is 10.8. The van der Waals surface area contributed by atoms with Gasteiger partial charge in [-0.1, -0.05) is 6.07 Å². The third-order valence-corrected chi connectivity index (χ3v) is 2.85. The van der Waals surface area contributed by atoms with Crippen LogP contribution >= 0.6 is 0 Å². The molecule has 0 atom stereocenters. The zero-order valence-corrected chi connectivity index (χ0v) is 10.8. The van der Waals surface area contributed by atoms with Crippen molar-refractivity contribution in [2.24, 2.45) is 0 Å². The molecule has 0 spiro atoms. The van der Waals surface area contributed by atoms with Crippen LogP contribution in [0, 0.1) is 25.5 Å². The van der Waals surface area contributed by atoms with Crippen LogP contribution in [0.15, 0.2) is 30.3 Å². The van der Waals surface area contributed by atoms with Gasteiger partial charge in [-0.2, -0.15) is 0 Å². The SMILES string of the molecule is Cc1cc(N)cc(C)c1OCc1ccc(F)c(F)c1. The summed E-state index contributed by atoms with van der Waals surface area (Å²) in [7, 11) is 0. The molecule has 0 aliphatic rings. The third kappa shape index (κ3) is 3.02. The molecule has 0 radical (unpaired) electrons. The largest absolute Gasteiger partial charge is 0.488 e. The van der Waals surface area contributed by atoms with Crippen LogP contribution in [0.5, 0.6) is 5.75 Å². The first-order chi connectivity index (χ1) is 8.97. The summed E-state index contributed by atoms with van der Waals surface area (Å²) in [5, 5.41) is 0. The molecule has 0 aromatic heterocycles. The van der Waals surface area contributed by atoms with E-state index in [1.165, 1.54) is 6.07 Å². The fraction of sp³-hybridized carbons (Fsp3) is 0.200. The minimum atomic E-state index is -0.869. The molecule has 0 unspecified atom stereocenters. The van der Waals surface area contributed by atoms with E-state index in [0.29, 0.717) is 11.3 Å². The van der Waals surface area contributed by atoms with Gasteiger partial charge in [0.2, 0.25) is 0 Å². The number of nitrogen functional groups attached to an aromatic ring is 1. The molecule has 0 aliphatic heterocycles. The predicted octanol–water partition coefficient (Wildman–Crippen LogP) is 3.74. The first-order valence-electron chi connectivity index (χ1n) is 5.91. The van der Waals surface area contributed by atoms with E-state index in [-0.39, 0.29) is 6.61 Å². The van der Waals surface area contributed by atoms with E-state index >= 15 is 0 Å². The van der Waals surface area contributed by atoms with E-state index in [2.05, 4.69) is 0 Å². The first kappa shape index (κ1) is 13.3. The van der Waals surface area contributed by atoms with E-state index in [0.717, 1.165) is 29.0 Å². The standard InChI is InChI=1S/C15H15F2NO/c1-9-5-12(18)6-10(2)15(9)19-8-11-3-4-13(16)14(17)7-11/h3-7H,8,18H2,1-2H3. The number of nitrogens with two attached hydrogens (primary N) is 1. The van der Waals surface area contributed by atoms with Crippen LogP contribution in [-0.2, 0) is 6.61 Å². The summed E-state index contributed by atoms with van der Waals surface area (Å²) < 4.78 is 31.5. The van der Waals surface area contributed by atoms with Crippen molar-refractivity contribution in [1.82, 2.24) is 0 Å². The number of hydrogen-bond donors (Lipinski definition) is 1. The molecule has 0 heterocycles. The number of rotatable bonds is 3. The molecule has 4 heteroatoms. The molecule has 0 saturated carbocycles. The average molecular weight is 263 g/mol. The van der Waals surface area contributed by atoms with E-state index < -0.39 is 11.6 Å². The van der Waals surface area contributed by atoms with Gasteiger partial charge in [-0.15, -0.1) is 0 Å². The van der Waals surface area contributed by atoms with Crippen molar-refractivity contribution in [1.29, 1.82) is 0 Å². The normalized spacial score (nSPS) is 10.5. The second-order valence-corrected chi connectivity index (χ2v) is 4.52. The highest BCUT2D eigenvalue weighted by molar-refractivity contribution is 5.52. The van der Waals surface area contributed by atoms with Crippen LogP contribution < -0.4 is 10.5 Å². The Morgan fingerprint density at radius 2 is 1.63 bits per heavy atom. The lowest BCUT2D eigenvalue weighted by atomic mass is 10.1. The molecule has 2 aromatic rings. The number of anilines is 1.